The van der Waals surface area contributed by atoms with Crippen LogP contribution in [0.15, 0.2) is 303 Å². The van der Waals surface area contributed by atoms with Crippen LogP contribution in [0, 0.1) is 0 Å². The summed E-state index contributed by atoms with van der Waals surface area (Å²) in [7, 11) is -2.73. The van der Waals surface area contributed by atoms with Crippen LogP contribution < -0.4 is 25.6 Å². The van der Waals surface area contributed by atoms with Crippen LogP contribution in [0.25, 0.3) is 82.1 Å². The molecule has 352 valence electrons. The van der Waals surface area contributed by atoms with E-state index in [2.05, 4.69) is 313 Å². The number of aromatic nitrogens is 1. The lowest BCUT2D eigenvalue weighted by Crippen LogP contribution is -2.74. The van der Waals surface area contributed by atoms with Crippen LogP contribution in [-0.2, 0) is 0 Å². The van der Waals surface area contributed by atoms with E-state index in [4.69, 9.17) is 0 Å². The second kappa shape index (κ2) is 18.5. The first-order valence-electron chi connectivity index (χ1n) is 25.9. The predicted molar refractivity (Wildman–Crippen MR) is 322 cm³/mol. The summed E-state index contributed by atoms with van der Waals surface area (Å²) in [5.74, 6) is 0. The molecule has 0 aliphatic carbocycles. The average Bonchev–Trinajstić information content (AvgIpc) is 3.87. The number of hydrogen-bond donors (Lipinski definition) is 0. The molecule has 0 spiro atoms. The quantitative estimate of drug-likeness (QED) is 0.0753. The maximum Gasteiger partial charge on any atom is 0.179 e. The Morgan fingerprint density at radius 1 is 0.267 bits per heavy atom. The van der Waals surface area contributed by atoms with E-state index in [9.17, 15) is 0 Å². The molecule has 0 unspecified atom stereocenters. The monoisotopic (exact) mass is 970 g/mol. The summed E-state index contributed by atoms with van der Waals surface area (Å²) in [5.41, 5.74) is 11.7. The SMILES string of the molecule is c1ccc(-n2c3ccccc3c3c(-c4ccc5c(ccc6cc(N(c7ccc(-c8cccc9ccccc89)cc7)c7ccc([Si](c8ccccc8)(c8ccccc8)c8ccccc8)cc7)ccc65)c4)cccc32)cc1. The van der Waals surface area contributed by atoms with Crippen LogP contribution in [0.1, 0.15) is 0 Å². The molecule has 0 saturated heterocycles. The molecule has 0 atom stereocenters. The predicted octanol–water partition coefficient (Wildman–Crippen LogP) is 16.4. The Morgan fingerprint density at radius 3 is 1.40 bits per heavy atom. The maximum atomic E-state index is 2.42. The molecule has 0 amide bonds. The van der Waals surface area contributed by atoms with Crippen LogP contribution in [-0.4, -0.2) is 12.6 Å². The van der Waals surface area contributed by atoms with Gasteiger partial charge in [0.05, 0.1) is 11.0 Å². The van der Waals surface area contributed by atoms with Crippen molar-refractivity contribution in [3.05, 3.63) is 303 Å². The Labute approximate surface area is 438 Å². The van der Waals surface area contributed by atoms with Crippen molar-refractivity contribution in [3.8, 4) is 27.9 Å². The van der Waals surface area contributed by atoms with E-state index in [0.29, 0.717) is 0 Å². The number of benzene rings is 13. The number of rotatable bonds is 10. The Morgan fingerprint density at radius 2 is 0.733 bits per heavy atom. The van der Waals surface area contributed by atoms with E-state index in [1.807, 2.05) is 0 Å². The Balaban J connectivity index is 0.896. The van der Waals surface area contributed by atoms with Crippen molar-refractivity contribution in [1.29, 1.82) is 0 Å². The van der Waals surface area contributed by atoms with Crippen molar-refractivity contribution in [2.24, 2.45) is 0 Å². The summed E-state index contributed by atoms with van der Waals surface area (Å²) in [6, 6.07) is 112. The molecular formula is C72H50N2Si. The Kier molecular flexibility index (Phi) is 10.9. The summed E-state index contributed by atoms with van der Waals surface area (Å²) in [6.45, 7) is 0. The van der Waals surface area contributed by atoms with Crippen LogP contribution in [0.2, 0.25) is 0 Å². The molecule has 13 aromatic carbocycles. The van der Waals surface area contributed by atoms with Gasteiger partial charge >= 0.3 is 0 Å². The van der Waals surface area contributed by atoms with Gasteiger partial charge in [0.25, 0.3) is 0 Å². The summed E-state index contributed by atoms with van der Waals surface area (Å²) in [4.78, 5) is 2.42. The highest BCUT2D eigenvalue weighted by Crippen LogP contribution is 2.42. The van der Waals surface area contributed by atoms with Crippen molar-refractivity contribution in [2.45, 2.75) is 0 Å². The molecule has 0 N–H and O–H groups in total. The van der Waals surface area contributed by atoms with Gasteiger partial charge < -0.3 is 9.47 Å². The fourth-order valence-electron chi connectivity index (χ4n) is 12.1. The molecule has 1 heterocycles. The summed E-state index contributed by atoms with van der Waals surface area (Å²) < 4.78 is 2.40. The summed E-state index contributed by atoms with van der Waals surface area (Å²) in [5, 5.41) is 15.3. The molecule has 14 rings (SSSR count). The van der Waals surface area contributed by atoms with E-state index in [1.54, 1.807) is 0 Å². The van der Waals surface area contributed by atoms with Gasteiger partial charge in [-0.3, -0.25) is 0 Å². The van der Waals surface area contributed by atoms with Gasteiger partial charge in [0.2, 0.25) is 0 Å². The minimum Gasteiger partial charge on any atom is -0.310 e. The number of para-hydroxylation sites is 2. The molecule has 0 aliphatic heterocycles. The lowest BCUT2D eigenvalue weighted by molar-refractivity contribution is 1.18. The molecule has 14 aromatic rings. The molecule has 0 fully saturated rings. The van der Waals surface area contributed by atoms with E-state index in [0.717, 1.165) is 22.7 Å². The molecule has 0 aliphatic rings. The second-order valence-electron chi connectivity index (χ2n) is 19.6. The first-order valence-corrected chi connectivity index (χ1v) is 27.9. The van der Waals surface area contributed by atoms with Crippen molar-refractivity contribution in [2.75, 3.05) is 4.90 Å². The maximum absolute atomic E-state index is 2.73. The third kappa shape index (κ3) is 7.47. The van der Waals surface area contributed by atoms with Crippen molar-refractivity contribution >= 4 is 100 Å². The van der Waals surface area contributed by atoms with Crippen LogP contribution >= 0.6 is 0 Å². The molecule has 0 saturated carbocycles. The van der Waals surface area contributed by atoms with E-state index >= 15 is 0 Å². The van der Waals surface area contributed by atoms with Gasteiger partial charge in [-0.1, -0.05) is 237 Å². The van der Waals surface area contributed by atoms with Crippen LogP contribution in [0.3, 0.4) is 0 Å². The standard InChI is InChI=1S/C72H50N2Si/c1-5-21-56(22-6-1)74-70-33-16-15-30-69(70)72-68(32-18-34-71(72)74)54-39-47-66-53(49-54)35-36-55-50-59(44-48-67(55)66)73(57-40-37-52(38-41-57)65-31-17-20-51-19-13-14-29-64(51)65)58-42-45-63(46-43-58)75(60-23-7-2-8-24-60,61-25-9-3-10-26-61)62-27-11-4-12-28-62/h1-50H. The zero-order chi connectivity index (χ0) is 49.7. The van der Waals surface area contributed by atoms with Gasteiger partial charge in [-0.25, -0.2) is 0 Å². The molecule has 2 nitrogen and oxygen atoms in total. The van der Waals surface area contributed by atoms with Gasteiger partial charge in [0.1, 0.15) is 0 Å². The molecule has 1 aromatic heterocycles. The number of anilines is 3. The number of hydrogen-bond acceptors (Lipinski definition) is 1. The molecule has 0 bridgehead atoms. The highest BCUT2D eigenvalue weighted by atomic mass is 28.3. The normalized spacial score (nSPS) is 11.7. The lowest BCUT2D eigenvalue weighted by Gasteiger charge is -2.35. The zero-order valence-electron chi connectivity index (χ0n) is 41.3. The van der Waals surface area contributed by atoms with Crippen LogP contribution in [0.5, 0.6) is 0 Å². The lowest BCUT2D eigenvalue weighted by atomic mass is 9.95. The van der Waals surface area contributed by atoms with E-state index < -0.39 is 8.07 Å². The molecule has 3 heteroatoms. The van der Waals surface area contributed by atoms with Crippen molar-refractivity contribution < 1.29 is 0 Å². The van der Waals surface area contributed by atoms with Crippen molar-refractivity contribution in [1.82, 2.24) is 4.57 Å². The number of fused-ring (bicyclic) bond motifs is 7. The minimum absolute atomic E-state index is 1.09. The van der Waals surface area contributed by atoms with Gasteiger partial charge in [-0.2, -0.15) is 0 Å². The third-order valence-electron chi connectivity index (χ3n) is 15.5. The van der Waals surface area contributed by atoms with Gasteiger partial charge in [0.15, 0.2) is 8.07 Å². The molecule has 0 radical (unpaired) electrons. The first-order chi connectivity index (χ1) is 37.2. The zero-order valence-corrected chi connectivity index (χ0v) is 42.3. The third-order valence-corrected chi connectivity index (χ3v) is 20.3. The highest BCUT2D eigenvalue weighted by Gasteiger charge is 2.41. The smallest absolute Gasteiger partial charge is 0.179 e. The summed E-state index contributed by atoms with van der Waals surface area (Å²) in [6.07, 6.45) is 0. The Hall–Kier alpha value is -9.54. The Bertz CT molecular complexity index is 4280. The van der Waals surface area contributed by atoms with Crippen molar-refractivity contribution in [3.63, 3.8) is 0 Å². The second-order valence-corrected chi connectivity index (χ2v) is 23.4. The highest BCUT2D eigenvalue weighted by molar-refractivity contribution is 7.19. The average molecular weight is 971 g/mol. The largest absolute Gasteiger partial charge is 0.310 e. The molecule has 75 heavy (non-hydrogen) atoms. The summed E-state index contributed by atoms with van der Waals surface area (Å²) >= 11 is 0. The van der Waals surface area contributed by atoms with Gasteiger partial charge in [-0.15, -0.1) is 0 Å². The van der Waals surface area contributed by atoms with E-state index in [1.165, 1.54) is 97.1 Å². The van der Waals surface area contributed by atoms with Gasteiger partial charge in [0, 0.05) is 33.5 Å². The number of nitrogens with zero attached hydrogens (tertiary/aromatic N) is 2. The molecular weight excluding hydrogens is 921 g/mol. The fraction of sp³-hybridized carbons (Fsp3) is 0. The minimum atomic E-state index is -2.73. The van der Waals surface area contributed by atoms with E-state index in [-0.39, 0.29) is 0 Å². The van der Waals surface area contributed by atoms with Crippen LogP contribution in [0.4, 0.5) is 17.1 Å². The van der Waals surface area contributed by atoms with Gasteiger partial charge in [-0.05, 0) is 142 Å². The topological polar surface area (TPSA) is 8.17 Å². The fourth-order valence-corrected chi connectivity index (χ4v) is 16.9. The first kappa shape index (κ1) is 44.2.